The highest BCUT2D eigenvalue weighted by Crippen LogP contribution is 2.25. The average molecular weight is 348 g/mol. The van der Waals surface area contributed by atoms with Crippen LogP contribution in [0.3, 0.4) is 0 Å². The average Bonchev–Trinajstić information content (AvgIpc) is 3.16. The zero-order chi connectivity index (χ0) is 18.1. The second-order valence-corrected chi connectivity index (χ2v) is 7.10. The van der Waals surface area contributed by atoms with Crippen molar-refractivity contribution in [2.24, 2.45) is 0 Å². The van der Waals surface area contributed by atoms with E-state index >= 15 is 0 Å². The highest BCUT2D eigenvalue weighted by Gasteiger charge is 2.22. The summed E-state index contributed by atoms with van der Waals surface area (Å²) in [5, 5.41) is 16.8. The van der Waals surface area contributed by atoms with Crippen LogP contribution in [0.25, 0.3) is 16.9 Å². The van der Waals surface area contributed by atoms with Crippen LogP contribution in [0.4, 0.5) is 5.82 Å². The van der Waals surface area contributed by atoms with Gasteiger partial charge in [-0.25, -0.2) is 4.68 Å². The molecular formula is C20H24N6. The number of aromatic nitrogens is 4. The summed E-state index contributed by atoms with van der Waals surface area (Å²) in [4.78, 5) is 2.30. The molecule has 1 aliphatic heterocycles. The van der Waals surface area contributed by atoms with Crippen molar-refractivity contribution in [2.45, 2.75) is 32.9 Å². The summed E-state index contributed by atoms with van der Waals surface area (Å²) in [6.45, 7) is 8.41. The van der Waals surface area contributed by atoms with Crippen molar-refractivity contribution in [2.75, 3.05) is 18.0 Å². The molecule has 0 aliphatic carbocycles. The first-order valence-corrected chi connectivity index (χ1v) is 9.06. The molecular weight excluding hydrogens is 324 g/mol. The van der Waals surface area contributed by atoms with Crippen molar-refractivity contribution >= 4 is 5.82 Å². The molecule has 1 aromatic carbocycles. The molecule has 1 saturated heterocycles. The molecule has 2 atom stereocenters. The summed E-state index contributed by atoms with van der Waals surface area (Å²) >= 11 is 0. The van der Waals surface area contributed by atoms with Gasteiger partial charge in [0.1, 0.15) is 0 Å². The molecule has 3 heterocycles. The Balaban J connectivity index is 1.57. The number of nitrogens with one attached hydrogen (secondary N) is 1. The minimum absolute atomic E-state index is 0.456. The summed E-state index contributed by atoms with van der Waals surface area (Å²) in [7, 11) is 0. The Kier molecular flexibility index (Phi) is 4.42. The van der Waals surface area contributed by atoms with Gasteiger partial charge >= 0.3 is 0 Å². The fourth-order valence-electron chi connectivity index (χ4n) is 3.65. The number of anilines is 1. The molecule has 4 rings (SSSR count). The molecule has 0 radical (unpaired) electrons. The number of nitrogens with zero attached hydrogens (tertiary/aromatic N) is 5. The fraction of sp³-hybridized carbons (Fsp3) is 0.350. The third kappa shape index (κ3) is 3.32. The van der Waals surface area contributed by atoms with E-state index in [1.54, 1.807) is 6.20 Å². The van der Waals surface area contributed by atoms with Crippen LogP contribution in [0.15, 0.2) is 48.8 Å². The van der Waals surface area contributed by atoms with Crippen molar-refractivity contribution in [3.63, 3.8) is 0 Å². The predicted octanol–water partition coefficient (Wildman–Crippen LogP) is 2.82. The molecule has 6 nitrogen and oxygen atoms in total. The molecule has 6 heteroatoms. The van der Waals surface area contributed by atoms with Crippen LogP contribution in [0.1, 0.15) is 19.4 Å². The largest absolute Gasteiger partial charge is 0.352 e. The van der Waals surface area contributed by atoms with Crippen LogP contribution in [-0.2, 0) is 0 Å². The monoisotopic (exact) mass is 348 g/mol. The second-order valence-electron chi connectivity index (χ2n) is 7.10. The lowest BCUT2D eigenvalue weighted by Gasteiger charge is -2.36. The van der Waals surface area contributed by atoms with E-state index < -0.39 is 0 Å². The maximum Gasteiger partial charge on any atom is 0.151 e. The summed E-state index contributed by atoms with van der Waals surface area (Å²) in [6, 6.07) is 13.2. The summed E-state index contributed by atoms with van der Waals surface area (Å²) in [5.41, 5.74) is 4.20. The predicted molar refractivity (Wildman–Crippen MR) is 104 cm³/mol. The van der Waals surface area contributed by atoms with Crippen molar-refractivity contribution < 1.29 is 0 Å². The Morgan fingerprint density at radius 3 is 2.46 bits per heavy atom. The van der Waals surface area contributed by atoms with Gasteiger partial charge in [-0.3, -0.25) is 0 Å². The number of piperazine rings is 1. The molecule has 134 valence electrons. The van der Waals surface area contributed by atoms with E-state index in [1.165, 1.54) is 0 Å². The minimum Gasteiger partial charge on any atom is -0.352 e. The zero-order valence-corrected chi connectivity index (χ0v) is 15.4. The van der Waals surface area contributed by atoms with Crippen molar-refractivity contribution in [1.29, 1.82) is 0 Å². The SMILES string of the molecule is Cc1cc(-n2cccn2)ccc1-c1ccc(N2CC(C)NC(C)C2)nn1. The maximum atomic E-state index is 4.49. The first kappa shape index (κ1) is 16.7. The van der Waals surface area contributed by atoms with Gasteiger partial charge in [-0.15, -0.1) is 10.2 Å². The van der Waals surface area contributed by atoms with Gasteiger partial charge < -0.3 is 10.2 Å². The van der Waals surface area contributed by atoms with Crippen LogP contribution in [0.5, 0.6) is 0 Å². The zero-order valence-electron chi connectivity index (χ0n) is 15.4. The van der Waals surface area contributed by atoms with Gasteiger partial charge in [-0.2, -0.15) is 5.10 Å². The molecule has 3 aromatic rings. The Morgan fingerprint density at radius 2 is 1.85 bits per heavy atom. The van der Waals surface area contributed by atoms with Gasteiger partial charge in [0.05, 0.1) is 11.4 Å². The van der Waals surface area contributed by atoms with Gasteiger partial charge in [-0.1, -0.05) is 6.07 Å². The van der Waals surface area contributed by atoms with E-state index in [4.69, 9.17) is 0 Å². The third-order valence-electron chi connectivity index (χ3n) is 4.79. The molecule has 1 aliphatic rings. The summed E-state index contributed by atoms with van der Waals surface area (Å²) in [6.07, 6.45) is 3.73. The molecule has 1 fully saturated rings. The van der Waals surface area contributed by atoms with Crippen molar-refractivity contribution in [3.05, 3.63) is 54.4 Å². The van der Waals surface area contributed by atoms with Gasteiger partial charge in [0.15, 0.2) is 5.82 Å². The van der Waals surface area contributed by atoms with Gasteiger partial charge in [-0.05, 0) is 56.7 Å². The lowest BCUT2D eigenvalue weighted by Crippen LogP contribution is -2.54. The molecule has 2 aromatic heterocycles. The quantitative estimate of drug-likeness (QED) is 0.789. The maximum absolute atomic E-state index is 4.49. The molecule has 0 bridgehead atoms. The van der Waals surface area contributed by atoms with E-state index in [0.29, 0.717) is 12.1 Å². The van der Waals surface area contributed by atoms with Crippen LogP contribution in [0.2, 0.25) is 0 Å². The van der Waals surface area contributed by atoms with Gasteiger partial charge in [0.2, 0.25) is 0 Å². The van der Waals surface area contributed by atoms with Crippen molar-refractivity contribution in [3.8, 4) is 16.9 Å². The van der Waals surface area contributed by atoms with E-state index in [0.717, 1.165) is 41.4 Å². The standard InChI is InChI=1S/C20H24N6/c1-14-11-17(26-10-4-9-21-26)5-6-18(14)19-7-8-20(24-23-19)25-12-15(2)22-16(3)13-25/h4-11,15-16,22H,12-13H2,1-3H3. The molecule has 0 amide bonds. The Labute approximate surface area is 153 Å². The van der Waals surface area contributed by atoms with Crippen LogP contribution in [0, 0.1) is 6.92 Å². The number of aryl methyl sites for hydroxylation is 1. The highest BCUT2D eigenvalue weighted by atomic mass is 15.3. The molecule has 2 unspecified atom stereocenters. The van der Waals surface area contributed by atoms with Gasteiger partial charge in [0, 0.05) is 43.1 Å². The van der Waals surface area contributed by atoms with Crippen molar-refractivity contribution in [1.82, 2.24) is 25.3 Å². The number of hydrogen-bond donors (Lipinski definition) is 1. The van der Waals surface area contributed by atoms with Crippen LogP contribution < -0.4 is 10.2 Å². The summed E-state index contributed by atoms with van der Waals surface area (Å²) in [5.74, 6) is 0.944. The Hall–Kier alpha value is -2.73. The van der Waals surface area contributed by atoms with E-state index in [9.17, 15) is 0 Å². The van der Waals surface area contributed by atoms with E-state index in [2.05, 4.69) is 76.6 Å². The third-order valence-corrected chi connectivity index (χ3v) is 4.79. The van der Waals surface area contributed by atoms with E-state index in [-0.39, 0.29) is 0 Å². The van der Waals surface area contributed by atoms with Crippen LogP contribution in [-0.4, -0.2) is 45.2 Å². The number of hydrogen-bond acceptors (Lipinski definition) is 5. The lowest BCUT2D eigenvalue weighted by atomic mass is 10.0. The first-order chi connectivity index (χ1) is 12.6. The number of benzene rings is 1. The normalized spacial score (nSPS) is 20.3. The molecule has 1 N–H and O–H groups in total. The Morgan fingerprint density at radius 1 is 1.04 bits per heavy atom. The molecule has 26 heavy (non-hydrogen) atoms. The van der Waals surface area contributed by atoms with Gasteiger partial charge in [0.25, 0.3) is 0 Å². The first-order valence-electron chi connectivity index (χ1n) is 9.06. The fourth-order valence-corrected chi connectivity index (χ4v) is 3.65. The van der Waals surface area contributed by atoms with E-state index in [1.807, 2.05) is 16.9 Å². The highest BCUT2D eigenvalue weighted by molar-refractivity contribution is 5.65. The second kappa shape index (κ2) is 6.88. The summed E-state index contributed by atoms with van der Waals surface area (Å²) < 4.78 is 1.86. The smallest absolute Gasteiger partial charge is 0.151 e. The molecule has 0 saturated carbocycles. The lowest BCUT2D eigenvalue weighted by molar-refractivity contribution is 0.404. The minimum atomic E-state index is 0.456. The van der Waals surface area contributed by atoms with Crippen LogP contribution >= 0.6 is 0 Å². The number of rotatable bonds is 3. The molecule has 0 spiro atoms. The Bertz CT molecular complexity index is 862. The topological polar surface area (TPSA) is 58.9 Å².